The maximum absolute atomic E-state index is 12.8. The lowest BCUT2D eigenvalue weighted by Gasteiger charge is -2.07. The number of halogens is 4. The van der Waals surface area contributed by atoms with Crippen molar-refractivity contribution in [2.24, 2.45) is 5.73 Å². The van der Waals surface area contributed by atoms with Crippen LogP contribution in [0.15, 0.2) is 24.3 Å². The third-order valence-electron chi connectivity index (χ3n) is 2.36. The van der Waals surface area contributed by atoms with Gasteiger partial charge in [-0.1, -0.05) is 0 Å². The monoisotopic (exact) mass is 274 g/mol. The second kappa shape index (κ2) is 4.96. The van der Waals surface area contributed by atoms with Crippen molar-refractivity contribution >= 4 is 0 Å². The van der Waals surface area contributed by atoms with E-state index < -0.39 is 18.5 Å². The van der Waals surface area contributed by atoms with Crippen LogP contribution in [0.25, 0.3) is 11.4 Å². The van der Waals surface area contributed by atoms with E-state index >= 15 is 0 Å². The van der Waals surface area contributed by atoms with Crippen LogP contribution in [0, 0.1) is 5.82 Å². The second-order valence-electron chi connectivity index (χ2n) is 3.84. The van der Waals surface area contributed by atoms with E-state index in [1.807, 2.05) is 0 Å². The fraction of sp³-hybridized carbons (Fsp3) is 0.273. The van der Waals surface area contributed by atoms with E-state index in [9.17, 15) is 17.6 Å². The third kappa shape index (κ3) is 3.28. The molecule has 0 amide bonds. The summed E-state index contributed by atoms with van der Waals surface area (Å²) in [7, 11) is 0. The average molecular weight is 274 g/mol. The van der Waals surface area contributed by atoms with Gasteiger partial charge in [0.25, 0.3) is 0 Å². The molecular weight excluding hydrogens is 264 g/mol. The van der Waals surface area contributed by atoms with Gasteiger partial charge in [0.1, 0.15) is 18.2 Å². The van der Waals surface area contributed by atoms with E-state index in [1.54, 1.807) is 0 Å². The zero-order chi connectivity index (χ0) is 14.0. The van der Waals surface area contributed by atoms with Crippen LogP contribution in [0.3, 0.4) is 0 Å². The number of aromatic nitrogens is 3. The molecular formula is C11H10F4N4. The van der Waals surface area contributed by atoms with Gasteiger partial charge in [-0.3, -0.25) is 0 Å². The zero-order valence-corrected chi connectivity index (χ0v) is 9.65. The number of alkyl halides is 3. The molecule has 102 valence electrons. The maximum Gasteiger partial charge on any atom is 0.408 e. The van der Waals surface area contributed by atoms with Gasteiger partial charge in [-0.2, -0.15) is 18.3 Å². The Balaban J connectivity index is 2.35. The lowest BCUT2D eigenvalue weighted by atomic mass is 10.2. The summed E-state index contributed by atoms with van der Waals surface area (Å²) in [6.45, 7) is -1.42. The van der Waals surface area contributed by atoms with E-state index in [1.165, 1.54) is 24.3 Å². The van der Waals surface area contributed by atoms with Crippen LogP contribution in [-0.2, 0) is 13.1 Å². The Morgan fingerprint density at radius 2 is 1.79 bits per heavy atom. The molecule has 1 aromatic carbocycles. The summed E-state index contributed by atoms with van der Waals surface area (Å²) in [6, 6.07) is 5.15. The summed E-state index contributed by atoms with van der Waals surface area (Å²) in [5.41, 5.74) is 5.76. The Morgan fingerprint density at radius 3 is 2.32 bits per heavy atom. The highest BCUT2D eigenvalue weighted by atomic mass is 19.4. The van der Waals surface area contributed by atoms with Gasteiger partial charge in [0.2, 0.25) is 0 Å². The molecule has 2 aromatic rings. The summed E-state index contributed by atoms with van der Waals surface area (Å²) in [5, 5.41) is 3.75. The summed E-state index contributed by atoms with van der Waals surface area (Å²) < 4.78 is 50.5. The first-order chi connectivity index (χ1) is 8.89. The van der Waals surface area contributed by atoms with Crippen LogP contribution in [0.4, 0.5) is 17.6 Å². The predicted molar refractivity (Wildman–Crippen MR) is 59.4 cm³/mol. The van der Waals surface area contributed by atoms with Crippen molar-refractivity contribution in [1.29, 1.82) is 0 Å². The number of benzene rings is 1. The topological polar surface area (TPSA) is 56.7 Å². The molecule has 0 aliphatic carbocycles. The molecule has 8 heteroatoms. The Bertz CT molecular complexity index is 559. The van der Waals surface area contributed by atoms with Crippen LogP contribution < -0.4 is 5.73 Å². The zero-order valence-electron chi connectivity index (χ0n) is 9.65. The van der Waals surface area contributed by atoms with E-state index in [2.05, 4.69) is 10.1 Å². The fourth-order valence-electron chi connectivity index (χ4n) is 1.54. The standard InChI is InChI=1S/C11H10F4N4/c12-8-3-1-7(2-4-8)10-17-9(5-16)19(18-10)6-11(13,14)15/h1-4H,5-6,16H2. The van der Waals surface area contributed by atoms with Gasteiger partial charge in [0, 0.05) is 5.56 Å². The molecule has 19 heavy (non-hydrogen) atoms. The SMILES string of the molecule is NCc1nc(-c2ccc(F)cc2)nn1CC(F)(F)F. The van der Waals surface area contributed by atoms with Crippen molar-refractivity contribution in [2.75, 3.05) is 0 Å². The molecule has 1 aromatic heterocycles. The first-order valence-corrected chi connectivity index (χ1v) is 5.35. The van der Waals surface area contributed by atoms with Crippen molar-refractivity contribution in [3.8, 4) is 11.4 Å². The molecule has 0 saturated carbocycles. The largest absolute Gasteiger partial charge is 0.408 e. The minimum atomic E-state index is -4.41. The molecule has 2 rings (SSSR count). The third-order valence-corrected chi connectivity index (χ3v) is 2.36. The molecule has 1 heterocycles. The normalized spacial score (nSPS) is 11.8. The minimum absolute atomic E-state index is 0.0247. The van der Waals surface area contributed by atoms with Crippen molar-refractivity contribution < 1.29 is 17.6 Å². The van der Waals surface area contributed by atoms with Gasteiger partial charge < -0.3 is 5.73 Å². The Morgan fingerprint density at radius 1 is 1.16 bits per heavy atom. The number of nitrogens with two attached hydrogens (primary N) is 1. The smallest absolute Gasteiger partial charge is 0.324 e. The summed E-state index contributed by atoms with van der Waals surface area (Å²) in [6.07, 6.45) is -4.41. The molecule has 0 atom stereocenters. The van der Waals surface area contributed by atoms with Crippen molar-refractivity contribution in [2.45, 2.75) is 19.3 Å². The molecule has 0 spiro atoms. The number of hydrogen-bond acceptors (Lipinski definition) is 3. The van der Waals surface area contributed by atoms with Crippen molar-refractivity contribution in [1.82, 2.24) is 14.8 Å². The lowest BCUT2D eigenvalue weighted by Crippen LogP contribution is -2.21. The molecule has 0 radical (unpaired) electrons. The van der Waals surface area contributed by atoms with E-state index in [0.29, 0.717) is 10.2 Å². The van der Waals surface area contributed by atoms with Gasteiger partial charge in [0.05, 0.1) is 6.54 Å². The van der Waals surface area contributed by atoms with Gasteiger partial charge in [-0.15, -0.1) is 0 Å². The number of rotatable bonds is 3. The molecule has 4 nitrogen and oxygen atoms in total. The molecule has 0 unspecified atom stereocenters. The molecule has 0 saturated heterocycles. The predicted octanol–water partition coefficient (Wildman–Crippen LogP) is 2.11. The summed E-state index contributed by atoms with van der Waals surface area (Å²) >= 11 is 0. The fourth-order valence-corrected chi connectivity index (χ4v) is 1.54. The molecule has 0 aliphatic heterocycles. The van der Waals surface area contributed by atoms with Crippen LogP contribution >= 0.6 is 0 Å². The Kier molecular flexibility index (Phi) is 3.52. The van der Waals surface area contributed by atoms with Crippen molar-refractivity contribution in [3.05, 3.63) is 35.9 Å². The number of hydrogen-bond donors (Lipinski definition) is 1. The quantitative estimate of drug-likeness (QED) is 0.872. The van der Waals surface area contributed by atoms with Gasteiger partial charge >= 0.3 is 6.18 Å². The van der Waals surface area contributed by atoms with Crippen LogP contribution in [-0.4, -0.2) is 20.9 Å². The summed E-state index contributed by atoms with van der Waals surface area (Å²) in [5.74, 6) is -0.334. The van der Waals surface area contributed by atoms with E-state index in [-0.39, 0.29) is 18.2 Å². The van der Waals surface area contributed by atoms with Gasteiger partial charge in [-0.05, 0) is 24.3 Å². The lowest BCUT2D eigenvalue weighted by molar-refractivity contribution is -0.143. The first-order valence-electron chi connectivity index (χ1n) is 5.35. The molecule has 2 N–H and O–H groups in total. The molecule has 0 bridgehead atoms. The van der Waals surface area contributed by atoms with Crippen LogP contribution in [0.5, 0.6) is 0 Å². The number of nitrogens with zero attached hydrogens (tertiary/aromatic N) is 3. The Labute approximate surface area is 105 Å². The highest BCUT2D eigenvalue weighted by Gasteiger charge is 2.30. The second-order valence-corrected chi connectivity index (χ2v) is 3.84. The average Bonchev–Trinajstić information content (AvgIpc) is 2.70. The van der Waals surface area contributed by atoms with Gasteiger partial charge in [0.15, 0.2) is 5.82 Å². The highest BCUT2D eigenvalue weighted by molar-refractivity contribution is 5.54. The van der Waals surface area contributed by atoms with E-state index in [0.717, 1.165) is 0 Å². The maximum atomic E-state index is 12.8. The van der Waals surface area contributed by atoms with Gasteiger partial charge in [-0.25, -0.2) is 14.1 Å². The van der Waals surface area contributed by atoms with Crippen LogP contribution in [0.1, 0.15) is 5.82 Å². The highest BCUT2D eigenvalue weighted by Crippen LogP contribution is 2.21. The summed E-state index contributed by atoms with van der Waals surface area (Å²) in [4.78, 5) is 3.92. The molecule has 0 aliphatic rings. The first kappa shape index (κ1) is 13.5. The molecule has 0 fully saturated rings. The van der Waals surface area contributed by atoms with Crippen molar-refractivity contribution in [3.63, 3.8) is 0 Å². The minimum Gasteiger partial charge on any atom is -0.324 e. The van der Waals surface area contributed by atoms with E-state index in [4.69, 9.17) is 5.73 Å². The van der Waals surface area contributed by atoms with Crippen LogP contribution in [0.2, 0.25) is 0 Å². The Hall–Kier alpha value is -1.96.